The van der Waals surface area contributed by atoms with Crippen molar-refractivity contribution in [1.29, 1.82) is 0 Å². The maximum Gasteiger partial charge on any atom is 0.416 e. The fourth-order valence-electron chi connectivity index (χ4n) is 2.03. The van der Waals surface area contributed by atoms with Crippen molar-refractivity contribution in [3.8, 4) is 0 Å². The maximum absolute atomic E-state index is 12.5. The van der Waals surface area contributed by atoms with Gasteiger partial charge in [0.25, 0.3) is 0 Å². The number of aliphatic hydroxyl groups is 1. The van der Waals surface area contributed by atoms with Crippen molar-refractivity contribution in [1.82, 2.24) is 10.2 Å². The third kappa shape index (κ3) is 5.22. The van der Waals surface area contributed by atoms with Gasteiger partial charge in [0.1, 0.15) is 0 Å². The second-order valence-corrected chi connectivity index (χ2v) is 5.00. The first-order valence-electron chi connectivity index (χ1n) is 7.13. The summed E-state index contributed by atoms with van der Waals surface area (Å²) in [5.74, 6) is 0. The number of benzene rings is 1. The number of hydrogen-bond donors (Lipinski definition) is 2. The van der Waals surface area contributed by atoms with Gasteiger partial charge in [0.2, 0.25) is 0 Å². The standard InChI is InChI=1S/C15H21F3N2O2/c1-3-8-20(9-10-21)14(22)19-11(2)12-4-6-13(7-5-12)15(16,17)18/h4-7,11,21H,3,8-10H2,1-2H3,(H,19,22). The molecular formula is C15H21F3N2O2. The van der Waals surface area contributed by atoms with Crippen molar-refractivity contribution in [2.24, 2.45) is 0 Å². The van der Waals surface area contributed by atoms with E-state index in [1.165, 1.54) is 17.0 Å². The van der Waals surface area contributed by atoms with Crippen molar-refractivity contribution in [2.75, 3.05) is 19.7 Å². The number of alkyl halides is 3. The lowest BCUT2D eigenvalue weighted by Gasteiger charge is -2.24. The zero-order valence-electron chi connectivity index (χ0n) is 12.7. The highest BCUT2D eigenvalue weighted by molar-refractivity contribution is 5.74. The lowest BCUT2D eigenvalue weighted by molar-refractivity contribution is -0.137. The minimum Gasteiger partial charge on any atom is -0.395 e. The number of nitrogens with zero attached hydrogens (tertiary/aromatic N) is 1. The molecule has 1 aromatic carbocycles. The van der Waals surface area contributed by atoms with E-state index < -0.39 is 17.8 Å². The first kappa shape index (κ1) is 18.3. The number of nitrogens with one attached hydrogen (secondary N) is 1. The Morgan fingerprint density at radius 3 is 2.32 bits per heavy atom. The van der Waals surface area contributed by atoms with Gasteiger partial charge in [0, 0.05) is 13.1 Å². The van der Waals surface area contributed by atoms with E-state index in [2.05, 4.69) is 5.32 Å². The first-order valence-corrected chi connectivity index (χ1v) is 7.13. The van der Waals surface area contributed by atoms with Crippen LogP contribution in [0.15, 0.2) is 24.3 Å². The molecule has 4 nitrogen and oxygen atoms in total. The van der Waals surface area contributed by atoms with Crippen LogP contribution in [0.4, 0.5) is 18.0 Å². The molecule has 22 heavy (non-hydrogen) atoms. The molecule has 0 radical (unpaired) electrons. The molecule has 0 saturated carbocycles. The topological polar surface area (TPSA) is 52.6 Å². The van der Waals surface area contributed by atoms with E-state index in [0.717, 1.165) is 18.6 Å². The SMILES string of the molecule is CCCN(CCO)C(=O)NC(C)c1ccc(C(F)(F)F)cc1. The van der Waals surface area contributed by atoms with E-state index in [9.17, 15) is 18.0 Å². The van der Waals surface area contributed by atoms with E-state index in [0.29, 0.717) is 12.1 Å². The normalized spacial score (nSPS) is 12.8. The van der Waals surface area contributed by atoms with Gasteiger partial charge in [-0.3, -0.25) is 0 Å². The van der Waals surface area contributed by atoms with Gasteiger partial charge in [0.05, 0.1) is 18.2 Å². The third-order valence-electron chi connectivity index (χ3n) is 3.23. The second-order valence-electron chi connectivity index (χ2n) is 5.00. The number of amides is 2. The Kier molecular flexibility index (Phi) is 6.67. The van der Waals surface area contributed by atoms with Crippen molar-refractivity contribution in [2.45, 2.75) is 32.5 Å². The zero-order chi connectivity index (χ0) is 16.8. The van der Waals surface area contributed by atoms with Crippen LogP contribution in [-0.2, 0) is 6.18 Å². The van der Waals surface area contributed by atoms with Crippen molar-refractivity contribution in [3.05, 3.63) is 35.4 Å². The highest BCUT2D eigenvalue weighted by atomic mass is 19.4. The molecule has 0 aliphatic heterocycles. The Bertz CT molecular complexity index is 469. The Balaban J connectivity index is 2.71. The van der Waals surface area contributed by atoms with Gasteiger partial charge in [0.15, 0.2) is 0 Å². The van der Waals surface area contributed by atoms with E-state index in [1.807, 2.05) is 6.92 Å². The molecule has 0 aliphatic carbocycles. The Labute approximate surface area is 127 Å². The van der Waals surface area contributed by atoms with Crippen LogP contribution in [0.25, 0.3) is 0 Å². The molecule has 0 saturated heterocycles. The zero-order valence-corrected chi connectivity index (χ0v) is 12.7. The molecule has 0 spiro atoms. The molecule has 0 aliphatic rings. The minimum absolute atomic E-state index is 0.137. The largest absolute Gasteiger partial charge is 0.416 e. The van der Waals surface area contributed by atoms with Crippen LogP contribution in [-0.4, -0.2) is 35.7 Å². The smallest absolute Gasteiger partial charge is 0.395 e. The van der Waals surface area contributed by atoms with Gasteiger partial charge < -0.3 is 15.3 Å². The van der Waals surface area contributed by atoms with Gasteiger partial charge in [-0.1, -0.05) is 19.1 Å². The molecular weight excluding hydrogens is 297 g/mol. The number of aliphatic hydroxyl groups excluding tert-OH is 1. The summed E-state index contributed by atoms with van der Waals surface area (Å²) >= 11 is 0. The number of carbonyl (C=O) groups excluding carboxylic acids is 1. The summed E-state index contributed by atoms with van der Waals surface area (Å²) in [4.78, 5) is 13.5. The van der Waals surface area contributed by atoms with Gasteiger partial charge in [-0.15, -0.1) is 0 Å². The number of halogens is 3. The molecule has 1 aromatic rings. The summed E-state index contributed by atoms with van der Waals surface area (Å²) in [6.45, 7) is 4.20. The van der Waals surface area contributed by atoms with Crippen LogP contribution >= 0.6 is 0 Å². The number of urea groups is 1. The molecule has 0 heterocycles. The van der Waals surface area contributed by atoms with E-state index in [-0.39, 0.29) is 19.2 Å². The quantitative estimate of drug-likeness (QED) is 0.846. The fourth-order valence-corrected chi connectivity index (χ4v) is 2.03. The minimum atomic E-state index is -4.37. The first-order chi connectivity index (χ1) is 10.3. The molecule has 1 unspecified atom stereocenters. The summed E-state index contributed by atoms with van der Waals surface area (Å²) < 4.78 is 37.5. The highest BCUT2D eigenvalue weighted by Gasteiger charge is 2.30. The molecule has 0 aromatic heterocycles. The van der Waals surface area contributed by atoms with Gasteiger partial charge in [-0.25, -0.2) is 4.79 Å². The Morgan fingerprint density at radius 1 is 1.27 bits per heavy atom. The molecule has 0 fully saturated rings. The van der Waals surface area contributed by atoms with Crippen molar-refractivity contribution < 1.29 is 23.1 Å². The summed E-state index contributed by atoms with van der Waals surface area (Å²) in [5, 5.41) is 11.7. The summed E-state index contributed by atoms with van der Waals surface area (Å²) in [7, 11) is 0. The van der Waals surface area contributed by atoms with E-state index in [4.69, 9.17) is 5.11 Å². The third-order valence-corrected chi connectivity index (χ3v) is 3.23. The van der Waals surface area contributed by atoms with Crippen molar-refractivity contribution >= 4 is 6.03 Å². The number of rotatable bonds is 6. The molecule has 124 valence electrons. The number of hydrogen-bond acceptors (Lipinski definition) is 2. The predicted octanol–water partition coefficient (Wildman–Crippen LogP) is 3.18. The molecule has 1 atom stereocenters. The summed E-state index contributed by atoms with van der Waals surface area (Å²) in [5.41, 5.74) is -0.135. The molecule has 2 N–H and O–H groups in total. The maximum atomic E-state index is 12.5. The van der Waals surface area contributed by atoms with Gasteiger partial charge >= 0.3 is 12.2 Å². The van der Waals surface area contributed by atoms with Crippen LogP contribution < -0.4 is 5.32 Å². The molecule has 0 bridgehead atoms. The molecule has 7 heteroatoms. The molecule has 1 rings (SSSR count). The van der Waals surface area contributed by atoms with Crippen LogP contribution in [0, 0.1) is 0 Å². The van der Waals surface area contributed by atoms with Gasteiger partial charge in [-0.05, 0) is 31.0 Å². The van der Waals surface area contributed by atoms with E-state index >= 15 is 0 Å². The Morgan fingerprint density at radius 2 is 1.86 bits per heavy atom. The predicted molar refractivity (Wildman–Crippen MR) is 77.3 cm³/mol. The fraction of sp³-hybridized carbons (Fsp3) is 0.533. The van der Waals surface area contributed by atoms with E-state index in [1.54, 1.807) is 6.92 Å². The highest BCUT2D eigenvalue weighted by Crippen LogP contribution is 2.29. The lowest BCUT2D eigenvalue weighted by Crippen LogP contribution is -2.42. The van der Waals surface area contributed by atoms with Crippen molar-refractivity contribution in [3.63, 3.8) is 0 Å². The monoisotopic (exact) mass is 318 g/mol. The average molecular weight is 318 g/mol. The second kappa shape index (κ2) is 8.03. The van der Waals surface area contributed by atoms with Crippen LogP contribution in [0.3, 0.4) is 0 Å². The average Bonchev–Trinajstić information content (AvgIpc) is 2.46. The van der Waals surface area contributed by atoms with Crippen LogP contribution in [0.5, 0.6) is 0 Å². The van der Waals surface area contributed by atoms with Crippen LogP contribution in [0.2, 0.25) is 0 Å². The lowest BCUT2D eigenvalue weighted by atomic mass is 10.1. The summed E-state index contributed by atoms with van der Waals surface area (Å²) in [6.07, 6.45) is -3.62. The van der Waals surface area contributed by atoms with Gasteiger partial charge in [-0.2, -0.15) is 13.2 Å². The summed E-state index contributed by atoms with van der Waals surface area (Å²) in [6, 6.07) is 3.93. The molecule has 2 amide bonds. The Hall–Kier alpha value is -1.76. The number of carbonyl (C=O) groups is 1. The van der Waals surface area contributed by atoms with Crippen LogP contribution in [0.1, 0.15) is 37.4 Å².